The SMILES string of the molecule is O=C(CC(=O)Nc1cccc(Br)c1)NCc1ccccc1F. The minimum absolute atomic E-state index is 0.0513. The molecule has 0 saturated carbocycles. The average molecular weight is 365 g/mol. The Morgan fingerprint density at radius 1 is 1.05 bits per heavy atom. The zero-order valence-corrected chi connectivity index (χ0v) is 13.2. The van der Waals surface area contributed by atoms with Gasteiger partial charge in [-0.05, 0) is 24.3 Å². The highest BCUT2D eigenvalue weighted by Gasteiger charge is 2.10. The highest BCUT2D eigenvalue weighted by Crippen LogP contribution is 2.15. The van der Waals surface area contributed by atoms with E-state index in [1.807, 2.05) is 6.07 Å². The minimum atomic E-state index is -0.462. The third kappa shape index (κ3) is 4.96. The lowest BCUT2D eigenvalue weighted by Gasteiger charge is -2.07. The third-order valence-electron chi connectivity index (χ3n) is 2.86. The minimum Gasteiger partial charge on any atom is -0.351 e. The van der Waals surface area contributed by atoms with Gasteiger partial charge in [0.1, 0.15) is 12.2 Å². The van der Waals surface area contributed by atoms with Crippen molar-refractivity contribution in [1.82, 2.24) is 5.32 Å². The molecule has 0 heterocycles. The second kappa shape index (κ2) is 7.70. The van der Waals surface area contributed by atoms with Crippen molar-refractivity contribution in [1.29, 1.82) is 0 Å². The maximum Gasteiger partial charge on any atom is 0.233 e. The van der Waals surface area contributed by atoms with Gasteiger partial charge in [-0.3, -0.25) is 9.59 Å². The summed E-state index contributed by atoms with van der Waals surface area (Å²) in [7, 11) is 0. The number of benzene rings is 2. The van der Waals surface area contributed by atoms with Crippen LogP contribution in [0.4, 0.5) is 10.1 Å². The predicted octanol–water partition coefficient (Wildman–Crippen LogP) is 3.23. The van der Waals surface area contributed by atoms with E-state index in [4.69, 9.17) is 0 Å². The first-order valence-electron chi connectivity index (χ1n) is 6.60. The molecule has 2 aromatic carbocycles. The van der Waals surface area contributed by atoms with Crippen molar-refractivity contribution in [3.63, 3.8) is 0 Å². The van der Waals surface area contributed by atoms with Gasteiger partial charge in [0.2, 0.25) is 11.8 Å². The molecular weight excluding hydrogens is 351 g/mol. The second-order valence-corrected chi connectivity index (χ2v) is 5.52. The fourth-order valence-electron chi connectivity index (χ4n) is 1.82. The van der Waals surface area contributed by atoms with Crippen LogP contribution in [0.15, 0.2) is 53.0 Å². The van der Waals surface area contributed by atoms with Crippen LogP contribution < -0.4 is 10.6 Å². The number of hydrogen-bond acceptors (Lipinski definition) is 2. The standard InChI is InChI=1S/C16H14BrFN2O2/c17-12-5-3-6-13(8-12)20-16(22)9-15(21)19-10-11-4-1-2-7-14(11)18/h1-8H,9-10H2,(H,19,21)(H,20,22). The van der Waals surface area contributed by atoms with Gasteiger partial charge in [-0.1, -0.05) is 40.2 Å². The van der Waals surface area contributed by atoms with Crippen LogP contribution in [-0.4, -0.2) is 11.8 Å². The molecule has 114 valence electrons. The maximum atomic E-state index is 13.4. The smallest absolute Gasteiger partial charge is 0.233 e. The number of halogens is 2. The Morgan fingerprint density at radius 2 is 1.82 bits per heavy atom. The van der Waals surface area contributed by atoms with E-state index in [9.17, 15) is 14.0 Å². The van der Waals surface area contributed by atoms with Crippen molar-refractivity contribution in [3.8, 4) is 0 Å². The Labute approximate surface area is 135 Å². The highest BCUT2D eigenvalue weighted by atomic mass is 79.9. The molecule has 0 aliphatic carbocycles. The van der Waals surface area contributed by atoms with Gasteiger partial charge in [0.05, 0.1) is 0 Å². The molecule has 2 N–H and O–H groups in total. The molecule has 4 nitrogen and oxygen atoms in total. The van der Waals surface area contributed by atoms with Crippen LogP contribution in [0.1, 0.15) is 12.0 Å². The first-order chi connectivity index (χ1) is 10.5. The van der Waals surface area contributed by atoms with Gasteiger partial charge in [-0.25, -0.2) is 4.39 Å². The number of hydrogen-bond donors (Lipinski definition) is 2. The molecule has 22 heavy (non-hydrogen) atoms. The summed E-state index contributed by atoms with van der Waals surface area (Å²) in [6.07, 6.45) is -0.318. The lowest BCUT2D eigenvalue weighted by Crippen LogP contribution is -2.28. The van der Waals surface area contributed by atoms with Crippen LogP contribution in [0.5, 0.6) is 0 Å². The normalized spacial score (nSPS) is 10.1. The quantitative estimate of drug-likeness (QED) is 0.800. The first-order valence-corrected chi connectivity index (χ1v) is 7.39. The summed E-state index contributed by atoms with van der Waals surface area (Å²) in [6.45, 7) is 0.0513. The van der Waals surface area contributed by atoms with E-state index in [2.05, 4.69) is 26.6 Å². The van der Waals surface area contributed by atoms with Crippen molar-refractivity contribution in [2.24, 2.45) is 0 Å². The Morgan fingerprint density at radius 3 is 2.55 bits per heavy atom. The van der Waals surface area contributed by atoms with Gasteiger partial charge < -0.3 is 10.6 Å². The molecule has 0 bridgehead atoms. The predicted molar refractivity (Wildman–Crippen MR) is 85.6 cm³/mol. The molecule has 0 atom stereocenters. The number of carbonyl (C=O) groups excluding carboxylic acids is 2. The Balaban J connectivity index is 1.82. The zero-order valence-electron chi connectivity index (χ0n) is 11.6. The summed E-state index contributed by atoms with van der Waals surface area (Å²) in [5.41, 5.74) is 0.976. The first kappa shape index (κ1) is 16.2. The van der Waals surface area contributed by atoms with Crippen LogP contribution in [0.2, 0.25) is 0 Å². The molecule has 0 saturated heterocycles. The monoisotopic (exact) mass is 364 g/mol. The van der Waals surface area contributed by atoms with Gasteiger partial charge in [-0.15, -0.1) is 0 Å². The summed E-state index contributed by atoms with van der Waals surface area (Å²) in [5, 5.41) is 5.14. The van der Waals surface area contributed by atoms with Crippen molar-refractivity contribution < 1.29 is 14.0 Å². The van der Waals surface area contributed by atoms with Gasteiger partial charge in [-0.2, -0.15) is 0 Å². The largest absolute Gasteiger partial charge is 0.351 e. The molecule has 6 heteroatoms. The Hall–Kier alpha value is -2.21. The highest BCUT2D eigenvalue weighted by molar-refractivity contribution is 9.10. The Kier molecular flexibility index (Phi) is 5.66. The molecule has 0 aliphatic rings. The molecule has 2 amide bonds. The van der Waals surface area contributed by atoms with Crippen molar-refractivity contribution in [2.45, 2.75) is 13.0 Å². The second-order valence-electron chi connectivity index (χ2n) is 4.60. The van der Waals surface area contributed by atoms with Crippen LogP contribution >= 0.6 is 15.9 Å². The van der Waals surface area contributed by atoms with E-state index in [-0.39, 0.29) is 18.8 Å². The van der Waals surface area contributed by atoms with E-state index in [0.29, 0.717) is 11.3 Å². The maximum absolute atomic E-state index is 13.4. The van der Waals surface area contributed by atoms with Gasteiger partial charge in [0, 0.05) is 22.3 Å². The van der Waals surface area contributed by atoms with Crippen molar-refractivity contribution >= 4 is 33.4 Å². The van der Waals surface area contributed by atoms with Crippen LogP contribution in [0.3, 0.4) is 0 Å². The number of anilines is 1. The average Bonchev–Trinajstić information content (AvgIpc) is 2.46. The molecule has 0 unspecified atom stereocenters. The fourth-order valence-corrected chi connectivity index (χ4v) is 2.21. The zero-order chi connectivity index (χ0) is 15.9. The van der Waals surface area contributed by atoms with Crippen LogP contribution in [0, 0.1) is 5.82 Å². The van der Waals surface area contributed by atoms with E-state index in [1.165, 1.54) is 6.07 Å². The lowest BCUT2D eigenvalue weighted by atomic mass is 10.2. The summed E-state index contributed by atoms with van der Waals surface area (Å²) in [5.74, 6) is -1.28. The summed E-state index contributed by atoms with van der Waals surface area (Å²) in [4.78, 5) is 23.4. The molecule has 0 fully saturated rings. The molecular formula is C16H14BrFN2O2. The van der Waals surface area contributed by atoms with Crippen LogP contribution in [-0.2, 0) is 16.1 Å². The van der Waals surface area contributed by atoms with E-state index in [0.717, 1.165) is 4.47 Å². The van der Waals surface area contributed by atoms with E-state index < -0.39 is 11.8 Å². The third-order valence-corrected chi connectivity index (χ3v) is 3.36. The lowest BCUT2D eigenvalue weighted by molar-refractivity contribution is -0.126. The fraction of sp³-hybridized carbons (Fsp3) is 0.125. The van der Waals surface area contributed by atoms with Gasteiger partial charge in [0.25, 0.3) is 0 Å². The van der Waals surface area contributed by atoms with Crippen molar-refractivity contribution in [3.05, 3.63) is 64.4 Å². The summed E-state index contributed by atoms with van der Waals surface area (Å²) in [6, 6.07) is 13.2. The number of amides is 2. The summed E-state index contributed by atoms with van der Waals surface area (Å²) >= 11 is 3.29. The van der Waals surface area contributed by atoms with Crippen LogP contribution in [0.25, 0.3) is 0 Å². The topological polar surface area (TPSA) is 58.2 Å². The van der Waals surface area contributed by atoms with Crippen molar-refractivity contribution in [2.75, 3.05) is 5.32 Å². The molecule has 0 spiro atoms. The number of carbonyl (C=O) groups is 2. The molecule has 2 rings (SSSR count). The van der Waals surface area contributed by atoms with Gasteiger partial charge >= 0.3 is 0 Å². The number of nitrogens with one attached hydrogen (secondary N) is 2. The van der Waals surface area contributed by atoms with E-state index in [1.54, 1.807) is 36.4 Å². The van der Waals surface area contributed by atoms with Gasteiger partial charge in [0.15, 0.2) is 0 Å². The Bertz CT molecular complexity index is 691. The molecule has 0 radical (unpaired) electrons. The summed E-state index contributed by atoms with van der Waals surface area (Å²) < 4.78 is 14.2. The number of rotatable bonds is 5. The molecule has 0 aromatic heterocycles. The molecule has 0 aliphatic heterocycles. The van der Waals surface area contributed by atoms with E-state index >= 15 is 0 Å². The molecule has 2 aromatic rings.